The van der Waals surface area contributed by atoms with Gasteiger partial charge in [-0.1, -0.05) is 6.42 Å². The number of hydrogen-bond acceptors (Lipinski definition) is 3. The predicted molar refractivity (Wildman–Crippen MR) is 52.1 cm³/mol. The van der Waals surface area contributed by atoms with Gasteiger partial charge in [-0.3, -0.25) is 0 Å². The van der Waals surface area contributed by atoms with Gasteiger partial charge in [0, 0.05) is 16.2 Å². The second-order valence-electron chi connectivity index (χ2n) is 3.37. The second kappa shape index (κ2) is 4.07. The number of aryl methyl sites for hydroxylation is 1. The Morgan fingerprint density at radius 2 is 2.07 bits per heavy atom. The Bertz CT molecular complexity index is 381. The monoisotopic (exact) mass is 189 g/mol. The molecule has 0 saturated carbocycles. The van der Waals surface area contributed by atoms with E-state index in [0.29, 0.717) is 5.82 Å². The van der Waals surface area contributed by atoms with E-state index in [2.05, 4.69) is 20.0 Å². The standard InChI is InChI=1S/C9H11N5/c10-14-13-9-7-4-2-1-3-5-8(7)11-6-12-9/h6H,1-5H2. The Labute approximate surface area is 81.8 Å². The van der Waals surface area contributed by atoms with Gasteiger partial charge in [-0.25, -0.2) is 9.97 Å². The zero-order valence-electron chi connectivity index (χ0n) is 7.85. The smallest absolute Gasteiger partial charge is 0.133 e. The number of aromatic nitrogens is 2. The van der Waals surface area contributed by atoms with Crippen LogP contribution in [0.15, 0.2) is 11.4 Å². The maximum Gasteiger partial charge on any atom is 0.133 e. The van der Waals surface area contributed by atoms with Crippen molar-refractivity contribution in [3.63, 3.8) is 0 Å². The van der Waals surface area contributed by atoms with Crippen LogP contribution in [0, 0.1) is 0 Å². The van der Waals surface area contributed by atoms with E-state index in [1.807, 2.05) is 0 Å². The van der Waals surface area contributed by atoms with Crippen LogP contribution in [-0.4, -0.2) is 9.97 Å². The summed E-state index contributed by atoms with van der Waals surface area (Å²) >= 11 is 0. The highest BCUT2D eigenvalue weighted by Gasteiger charge is 2.12. The minimum absolute atomic E-state index is 0.513. The highest BCUT2D eigenvalue weighted by atomic mass is 15.2. The molecule has 0 amide bonds. The lowest BCUT2D eigenvalue weighted by Crippen LogP contribution is -1.96. The molecule has 2 rings (SSSR count). The predicted octanol–water partition coefficient (Wildman–Crippen LogP) is 2.69. The molecule has 1 aromatic heterocycles. The molecule has 0 aromatic carbocycles. The lowest BCUT2D eigenvalue weighted by atomic mass is 10.1. The third-order valence-corrected chi connectivity index (χ3v) is 2.49. The molecule has 1 aliphatic rings. The molecule has 0 N–H and O–H groups in total. The van der Waals surface area contributed by atoms with Crippen LogP contribution in [0.4, 0.5) is 5.82 Å². The van der Waals surface area contributed by atoms with Crippen molar-refractivity contribution in [1.82, 2.24) is 9.97 Å². The molecule has 72 valence electrons. The summed E-state index contributed by atoms with van der Waals surface area (Å²) in [7, 11) is 0. The van der Waals surface area contributed by atoms with Crippen LogP contribution in [0.1, 0.15) is 30.5 Å². The molecular formula is C9H11N5. The van der Waals surface area contributed by atoms with Crippen LogP contribution < -0.4 is 0 Å². The van der Waals surface area contributed by atoms with Gasteiger partial charge in [-0.15, -0.1) is 0 Å². The van der Waals surface area contributed by atoms with E-state index >= 15 is 0 Å². The van der Waals surface area contributed by atoms with E-state index in [-0.39, 0.29) is 0 Å². The third-order valence-electron chi connectivity index (χ3n) is 2.49. The van der Waals surface area contributed by atoms with Gasteiger partial charge in [0.1, 0.15) is 12.1 Å². The van der Waals surface area contributed by atoms with Crippen molar-refractivity contribution in [2.75, 3.05) is 0 Å². The van der Waals surface area contributed by atoms with Crippen LogP contribution in [0.5, 0.6) is 0 Å². The molecule has 0 spiro atoms. The van der Waals surface area contributed by atoms with Gasteiger partial charge in [0.25, 0.3) is 0 Å². The number of fused-ring (bicyclic) bond motifs is 1. The van der Waals surface area contributed by atoms with Crippen molar-refractivity contribution in [3.05, 3.63) is 28.0 Å². The zero-order valence-corrected chi connectivity index (χ0v) is 7.85. The molecule has 0 aliphatic heterocycles. The lowest BCUT2D eigenvalue weighted by molar-refractivity contribution is 0.708. The Morgan fingerprint density at radius 3 is 2.93 bits per heavy atom. The highest BCUT2D eigenvalue weighted by Crippen LogP contribution is 2.25. The van der Waals surface area contributed by atoms with Crippen LogP contribution in [0.2, 0.25) is 0 Å². The van der Waals surface area contributed by atoms with Crippen LogP contribution in [0.25, 0.3) is 10.4 Å². The van der Waals surface area contributed by atoms with Gasteiger partial charge >= 0.3 is 0 Å². The largest absolute Gasteiger partial charge is 0.241 e. The fraction of sp³-hybridized carbons (Fsp3) is 0.556. The minimum atomic E-state index is 0.513. The first-order valence-electron chi connectivity index (χ1n) is 4.79. The fourth-order valence-corrected chi connectivity index (χ4v) is 1.81. The molecule has 1 aliphatic carbocycles. The van der Waals surface area contributed by atoms with Gasteiger partial charge in [-0.2, -0.15) is 0 Å². The molecule has 5 nitrogen and oxygen atoms in total. The Kier molecular flexibility index (Phi) is 2.60. The molecule has 14 heavy (non-hydrogen) atoms. The van der Waals surface area contributed by atoms with Crippen LogP contribution >= 0.6 is 0 Å². The lowest BCUT2D eigenvalue weighted by Gasteiger charge is -2.05. The molecule has 0 saturated heterocycles. The van der Waals surface area contributed by atoms with Crippen molar-refractivity contribution in [2.45, 2.75) is 32.1 Å². The summed E-state index contributed by atoms with van der Waals surface area (Å²) in [5.41, 5.74) is 10.5. The summed E-state index contributed by atoms with van der Waals surface area (Å²) in [6, 6.07) is 0. The van der Waals surface area contributed by atoms with Crippen molar-refractivity contribution in [3.8, 4) is 0 Å². The molecule has 1 aromatic rings. The second-order valence-corrected chi connectivity index (χ2v) is 3.37. The Morgan fingerprint density at radius 1 is 1.21 bits per heavy atom. The SMILES string of the molecule is [N-]=[N+]=Nc1ncnc2c1CCCCC2. The molecule has 1 heterocycles. The number of rotatable bonds is 1. The fourth-order valence-electron chi connectivity index (χ4n) is 1.81. The first-order valence-corrected chi connectivity index (χ1v) is 4.79. The first-order chi connectivity index (χ1) is 6.92. The van der Waals surface area contributed by atoms with Crippen molar-refractivity contribution >= 4 is 5.82 Å². The quantitative estimate of drug-likeness (QED) is 0.295. The van der Waals surface area contributed by atoms with Gasteiger partial charge in [0.15, 0.2) is 0 Å². The average molecular weight is 189 g/mol. The van der Waals surface area contributed by atoms with Crippen LogP contribution in [-0.2, 0) is 12.8 Å². The number of azide groups is 1. The molecule has 5 heteroatoms. The minimum Gasteiger partial charge on any atom is -0.241 e. The zero-order chi connectivity index (χ0) is 9.80. The van der Waals surface area contributed by atoms with E-state index in [1.54, 1.807) is 0 Å². The summed E-state index contributed by atoms with van der Waals surface area (Å²) in [5, 5.41) is 3.59. The Hall–Kier alpha value is -1.61. The molecule has 0 bridgehead atoms. The van der Waals surface area contributed by atoms with E-state index < -0.39 is 0 Å². The molecule has 0 atom stereocenters. The van der Waals surface area contributed by atoms with E-state index in [1.165, 1.54) is 19.2 Å². The molecule has 0 radical (unpaired) electrons. The summed E-state index contributed by atoms with van der Waals surface area (Å²) in [6.07, 6.45) is 6.91. The van der Waals surface area contributed by atoms with Crippen molar-refractivity contribution in [2.24, 2.45) is 5.11 Å². The summed E-state index contributed by atoms with van der Waals surface area (Å²) in [6.45, 7) is 0. The maximum absolute atomic E-state index is 8.39. The normalized spacial score (nSPS) is 15.1. The molecule has 0 fully saturated rings. The van der Waals surface area contributed by atoms with Gasteiger partial charge in [0.2, 0.25) is 0 Å². The number of hydrogen-bond donors (Lipinski definition) is 0. The Balaban J connectivity index is 2.47. The van der Waals surface area contributed by atoms with Crippen LogP contribution in [0.3, 0.4) is 0 Å². The summed E-state index contributed by atoms with van der Waals surface area (Å²) < 4.78 is 0. The topological polar surface area (TPSA) is 74.5 Å². The van der Waals surface area contributed by atoms with Gasteiger partial charge in [-0.05, 0) is 36.3 Å². The highest BCUT2D eigenvalue weighted by molar-refractivity contribution is 5.41. The van der Waals surface area contributed by atoms with E-state index in [9.17, 15) is 0 Å². The average Bonchev–Trinajstić information content (AvgIpc) is 2.44. The summed E-state index contributed by atoms with van der Waals surface area (Å²) in [4.78, 5) is 11.0. The van der Waals surface area contributed by atoms with Crippen molar-refractivity contribution < 1.29 is 0 Å². The summed E-state index contributed by atoms with van der Waals surface area (Å²) in [5.74, 6) is 0.513. The van der Waals surface area contributed by atoms with E-state index in [0.717, 1.165) is 30.5 Å². The molecular weight excluding hydrogens is 178 g/mol. The van der Waals surface area contributed by atoms with Gasteiger partial charge in [0.05, 0.1) is 0 Å². The first kappa shape index (κ1) is 8.97. The van der Waals surface area contributed by atoms with E-state index in [4.69, 9.17) is 5.53 Å². The third kappa shape index (κ3) is 1.67. The van der Waals surface area contributed by atoms with Gasteiger partial charge < -0.3 is 0 Å². The molecule has 0 unspecified atom stereocenters. The number of nitrogens with zero attached hydrogens (tertiary/aromatic N) is 5. The maximum atomic E-state index is 8.39. The van der Waals surface area contributed by atoms with Crippen molar-refractivity contribution in [1.29, 1.82) is 0 Å².